The Morgan fingerprint density at radius 1 is 1.04 bits per heavy atom. The first-order valence-electron chi connectivity index (χ1n) is 9.63. The van der Waals surface area contributed by atoms with Gasteiger partial charge >= 0.3 is 6.03 Å². The van der Waals surface area contributed by atoms with Crippen LogP contribution in [0.2, 0.25) is 0 Å². The zero-order valence-corrected chi connectivity index (χ0v) is 16.1. The number of thiophene rings is 1. The van der Waals surface area contributed by atoms with E-state index in [0.717, 1.165) is 19.3 Å². The second-order valence-corrected chi connectivity index (χ2v) is 8.25. The minimum absolute atomic E-state index is 0.0335. The summed E-state index contributed by atoms with van der Waals surface area (Å²) in [5.41, 5.74) is 1.35. The van der Waals surface area contributed by atoms with Crippen molar-refractivity contribution in [3.8, 4) is 0 Å². The number of fused-ring (bicyclic) bond motifs is 1. The minimum atomic E-state index is -0.142. The molecule has 0 unspecified atom stereocenters. The van der Waals surface area contributed by atoms with E-state index in [-0.39, 0.29) is 24.3 Å². The lowest BCUT2D eigenvalue weighted by atomic mass is 9.93. The number of benzene rings is 1. The number of nitrogens with one attached hydrogen (secondary N) is 2. The molecular weight excluding hydrogens is 360 g/mol. The maximum absolute atomic E-state index is 12.2. The summed E-state index contributed by atoms with van der Waals surface area (Å²) in [6, 6.07) is 14.4. The molecule has 144 valence electrons. The number of carbonyl (C=O) groups excluding carboxylic acids is 1. The quantitative estimate of drug-likeness (QED) is 0.769. The van der Waals surface area contributed by atoms with E-state index in [1.54, 1.807) is 11.3 Å². The van der Waals surface area contributed by atoms with Crippen molar-refractivity contribution in [1.82, 2.24) is 10.6 Å². The van der Waals surface area contributed by atoms with Gasteiger partial charge in [0.25, 0.3) is 0 Å². The van der Waals surface area contributed by atoms with Crippen LogP contribution in [0.4, 0.5) is 4.79 Å². The molecular formula is C21H26N2O3S. The number of ether oxygens (including phenoxy) is 2. The van der Waals surface area contributed by atoms with Crippen molar-refractivity contribution in [3.63, 3.8) is 0 Å². The molecule has 1 aromatic carbocycles. The maximum Gasteiger partial charge on any atom is 0.315 e. The summed E-state index contributed by atoms with van der Waals surface area (Å²) in [6.45, 7) is 1.87. The van der Waals surface area contributed by atoms with Crippen molar-refractivity contribution < 1.29 is 14.3 Å². The third-order valence-electron chi connectivity index (χ3n) is 5.36. The van der Waals surface area contributed by atoms with Crippen molar-refractivity contribution in [1.29, 1.82) is 0 Å². The van der Waals surface area contributed by atoms with Gasteiger partial charge in [0.05, 0.1) is 25.4 Å². The average Bonchev–Trinajstić information content (AvgIpc) is 3.41. The zero-order chi connectivity index (χ0) is 18.5. The Balaban J connectivity index is 1.20. The number of amides is 2. The number of hydrogen-bond donors (Lipinski definition) is 2. The minimum Gasteiger partial charge on any atom is -0.373 e. The summed E-state index contributed by atoms with van der Waals surface area (Å²) in [7, 11) is 0. The zero-order valence-electron chi connectivity index (χ0n) is 15.3. The van der Waals surface area contributed by atoms with Crippen molar-refractivity contribution in [3.05, 3.63) is 58.3 Å². The highest BCUT2D eigenvalue weighted by molar-refractivity contribution is 7.09. The van der Waals surface area contributed by atoms with Crippen LogP contribution in [-0.2, 0) is 22.3 Å². The summed E-state index contributed by atoms with van der Waals surface area (Å²) in [5.74, 6) is 0.392. The Bertz CT molecular complexity index is 722. The molecule has 5 nitrogen and oxygen atoms in total. The molecule has 27 heavy (non-hydrogen) atoms. The fraction of sp³-hybridized carbons (Fsp3) is 0.476. The highest BCUT2D eigenvalue weighted by atomic mass is 32.1. The molecule has 1 aromatic heterocycles. The fourth-order valence-corrected chi connectivity index (χ4v) is 4.63. The second-order valence-electron chi connectivity index (χ2n) is 7.22. The molecule has 2 aromatic rings. The van der Waals surface area contributed by atoms with Crippen LogP contribution in [0.5, 0.6) is 0 Å². The van der Waals surface area contributed by atoms with Crippen LogP contribution < -0.4 is 10.6 Å². The molecule has 2 saturated heterocycles. The van der Waals surface area contributed by atoms with Crippen LogP contribution in [0.25, 0.3) is 0 Å². The first-order chi connectivity index (χ1) is 13.3. The SMILES string of the molecule is O=C(NCCc1cccs1)N[C@H]1CO[C@@H]2[C@@H](CCc3ccccc3)CO[C@@H]21. The molecule has 0 radical (unpaired) electrons. The van der Waals surface area contributed by atoms with Gasteiger partial charge in [-0.15, -0.1) is 11.3 Å². The number of hydrogen-bond acceptors (Lipinski definition) is 4. The van der Waals surface area contributed by atoms with Gasteiger partial charge in [-0.3, -0.25) is 0 Å². The Morgan fingerprint density at radius 3 is 2.70 bits per heavy atom. The summed E-state index contributed by atoms with van der Waals surface area (Å²) >= 11 is 1.71. The predicted molar refractivity (Wildman–Crippen MR) is 106 cm³/mol. The van der Waals surface area contributed by atoms with Crippen LogP contribution in [0.1, 0.15) is 16.9 Å². The van der Waals surface area contributed by atoms with Gasteiger partial charge in [0, 0.05) is 17.3 Å². The van der Waals surface area contributed by atoms with Crippen LogP contribution in [0, 0.1) is 5.92 Å². The molecule has 2 aliphatic heterocycles. The summed E-state index contributed by atoms with van der Waals surface area (Å²) in [6.07, 6.45) is 2.99. The summed E-state index contributed by atoms with van der Waals surface area (Å²) in [4.78, 5) is 13.5. The van der Waals surface area contributed by atoms with Crippen molar-refractivity contribution in [2.24, 2.45) is 5.92 Å². The molecule has 0 aliphatic carbocycles. The van der Waals surface area contributed by atoms with Crippen molar-refractivity contribution in [2.75, 3.05) is 19.8 Å². The van der Waals surface area contributed by atoms with Gasteiger partial charge < -0.3 is 20.1 Å². The molecule has 4 atom stereocenters. The molecule has 2 aliphatic rings. The lowest BCUT2D eigenvalue weighted by Crippen LogP contribution is -2.48. The molecule has 2 N–H and O–H groups in total. The molecule has 0 spiro atoms. The Hall–Kier alpha value is -1.89. The van der Waals surface area contributed by atoms with E-state index < -0.39 is 0 Å². The van der Waals surface area contributed by atoms with Crippen molar-refractivity contribution >= 4 is 17.4 Å². The standard InChI is InChI=1S/C21H26N2O3S/c24-21(22-11-10-17-7-4-12-27-17)23-18-14-26-19-16(13-25-20(18)19)9-8-15-5-2-1-3-6-15/h1-7,12,16,18-20H,8-11,13-14H2,(H2,22,23,24)/t16-,18-,19+,20+/m0/s1. The first kappa shape index (κ1) is 18.5. The van der Waals surface area contributed by atoms with E-state index in [0.29, 0.717) is 25.7 Å². The van der Waals surface area contributed by atoms with Crippen LogP contribution in [-0.4, -0.2) is 44.0 Å². The third-order valence-corrected chi connectivity index (χ3v) is 6.29. The maximum atomic E-state index is 12.2. The van der Waals surface area contributed by atoms with Gasteiger partial charge in [0.2, 0.25) is 0 Å². The second kappa shape index (κ2) is 8.87. The van der Waals surface area contributed by atoms with Crippen LogP contribution in [0.3, 0.4) is 0 Å². The fourth-order valence-electron chi connectivity index (χ4n) is 3.92. The number of urea groups is 1. The van der Waals surface area contributed by atoms with Gasteiger partial charge in [0.15, 0.2) is 0 Å². The van der Waals surface area contributed by atoms with Gasteiger partial charge in [-0.05, 0) is 36.3 Å². The van der Waals surface area contributed by atoms with Crippen LogP contribution in [0.15, 0.2) is 47.8 Å². The number of aryl methyl sites for hydroxylation is 1. The monoisotopic (exact) mass is 386 g/mol. The Kier molecular flexibility index (Phi) is 6.07. The van der Waals surface area contributed by atoms with E-state index in [9.17, 15) is 4.79 Å². The van der Waals surface area contributed by atoms with E-state index in [2.05, 4.69) is 46.3 Å². The third kappa shape index (κ3) is 4.69. The van der Waals surface area contributed by atoms with E-state index >= 15 is 0 Å². The van der Waals surface area contributed by atoms with E-state index in [1.165, 1.54) is 10.4 Å². The highest BCUT2D eigenvalue weighted by Crippen LogP contribution is 2.33. The lowest BCUT2D eigenvalue weighted by molar-refractivity contribution is 0.0615. The number of carbonyl (C=O) groups is 1. The van der Waals surface area contributed by atoms with Gasteiger partial charge in [-0.25, -0.2) is 4.79 Å². The molecule has 0 bridgehead atoms. The van der Waals surface area contributed by atoms with Crippen molar-refractivity contribution in [2.45, 2.75) is 37.5 Å². The summed E-state index contributed by atoms with van der Waals surface area (Å²) < 4.78 is 12.0. The normalized spacial score (nSPS) is 26.7. The Morgan fingerprint density at radius 2 is 1.89 bits per heavy atom. The largest absolute Gasteiger partial charge is 0.373 e. The first-order valence-corrected chi connectivity index (χ1v) is 10.5. The predicted octanol–water partition coefficient (Wildman–Crippen LogP) is 3.01. The summed E-state index contributed by atoms with van der Waals surface area (Å²) in [5, 5.41) is 8.01. The smallest absolute Gasteiger partial charge is 0.315 e. The van der Waals surface area contributed by atoms with Gasteiger partial charge in [-0.2, -0.15) is 0 Å². The van der Waals surface area contributed by atoms with E-state index in [1.807, 2.05) is 12.1 Å². The van der Waals surface area contributed by atoms with E-state index in [4.69, 9.17) is 9.47 Å². The lowest BCUT2D eigenvalue weighted by Gasteiger charge is -2.18. The number of rotatable bonds is 7. The molecule has 3 heterocycles. The van der Waals surface area contributed by atoms with Crippen LogP contribution >= 0.6 is 11.3 Å². The van der Waals surface area contributed by atoms with Gasteiger partial charge in [0.1, 0.15) is 6.10 Å². The molecule has 2 fully saturated rings. The van der Waals surface area contributed by atoms with Gasteiger partial charge in [-0.1, -0.05) is 36.4 Å². The Labute approximate surface area is 164 Å². The topological polar surface area (TPSA) is 59.6 Å². The molecule has 0 saturated carbocycles. The molecule has 6 heteroatoms. The molecule has 2 amide bonds. The molecule has 4 rings (SSSR count). The highest BCUT2D eigenvalue weighted by Gasteiger charge is 2.47. The average molecular weight is 387 g/mol.